The van der Waals surface area contributed by atoms with Crippen LogP contribution >= 0.6 is 0 Å². The highest BCUT2D eigenvalue weighted by Gasteiger charge is 2.44. The number of benzene rings is 2. The Morgan fingerprint density at radius 3 is 2.33 bits per heavy atom. The molecular weight excluding hydrogens is 521 g/mol. The number of allylic oxidation sites excluding steroid dienone is 1. The van der Waals surface area contributed by atoms with E-state index in [1.54, 1.807) is 11.2 Å². The topological polar surface area (TPSA) is 94.4 Å². The van der Waals surface area contributed by atoms with Crippen molar-refractivity contribution in [2.75, 3.05) is 36.4 Å². The van der Waals surface area contributed by atoms with E-state index in [0.717, 1.165) is 58.7 Å². The number of urea groups is 1. The summed E-state index contributed by atoms with van der Waals surface area (Å²) in [6.45, 7) is 2.06. The van der Waals surface area contributed by atoms with Crippen LogP contribution in [-0.2, 0) is 11.8 Å². The number of ether oxygens (including phenoxy) is 1. The number of piperazine rings is 1. The lowest BCUT2D eigenvalue weighted by molar-refractivity contribution is -0.274. The van der Waals surface area contributed by atoms with Crippen LogP contribution in [0.15, 0.2) is 54.9 Å². The summed E-state index contributed by atoms with van der Waals surface area (Å²) in [4.78, 5) is 25.6. The standard InChI is InChI=1S/C29H25F3N6O2/c30-29(31,32)40-23-7-5-22(6-8-23)36-27(39)38-13-11-37(12-14-38)26-24-15-20(16-25(24)34-18-35-26)19-1-3-21(4-2-19)28(17-33)9-10-28/h1-8,15,18H,9-14,16H2,(H,36,39). The molecule has 3 aliphatic rings. The van der Waals surface area contributed by atoms with Gasteiger partial charge in [0.1, 0.15) is 17.9 Å². The van der Waals surface area contributed by atoms with Crippen molar-refractivity contribution in [1.82, 2.24) is 14.9 Å². The molecule has 2 amide bonds. The van der Waals surface area contributed by atoms with Crippen LogP contribution in [-0.4, -0.2) is 53.4 Å². The Morgan fingerprint density at radius 1 is 1.00 bits per heavy atom. The first-order chi connectivity index (χ1) is 19.2. The number of rotatable bonds is 5. The summed E-state index contributed by atoms with van der Waals surface area (Å²) < 4.78 is 40.9. The zero-order valence-corrected chi connectivity index (χ0v) is 21.4. The van der Waals surface area contributed by atoms with Gasteiger partial charge in [0.25, 0.3) is 0 Å². The van der Waals surface area contributed by atoms with Crippen molar-refractivity contribution >= 4 is 29.2 Å². The number of amides is 2. The molecule has 0 spiro atoms. The second-order valence-corrected chi connectivity index (χ2v) is 10.2. The Labute approximate surface area is 228 Å². The van der Waals surface area contributed by atoms with E-state index in [2.05, 4.69) is 61.3 Å². The molecule has 3 aromatic rings. The van der Waals surface area contributed by atoms with Crippen LogP contribution in [0, 0.1) is 11.3 Å². The Bertz CT molecular complexity index is 1500. The number of halogens is 3. The van der Waals surface area contributed by atoms with E-state index < -0.39 is 6.36 Å². The third kappa shape index (κ3) is 5.17. The number of hydrogen-bond donors (Lipinski definition) is 1. The number of aromatic nitrogens is 2. The molecule has 40 heavy (non-hydrogen) atoms. The van der Waals surface area contributed by atoms with Gasteiger partial charge >= 0.3 is 12.4 Å². The molecule has 1 aromatic heterocycles. The molecule has 0 unspecified atom stereocenters. The first-order valence-electron chi connectivity index (χ1n) is 13.0. The minimum atomic E-state index is -4.77. The third-order valence-electron chi connectivity index (χ3n) is 7.60. The average Bonchev–Trinajstić information content (AvgIpc) is 3.63. The average molecular weight is 547 g/mol. The van der Waals surface area contributed by atoms with Crippen LogP contribution in [0.2, 0.25) is 0 Å². The first kappa shape index (κ1) is 25.7. The van der Waals surface area contributed by atoms with Crippen LogP contribution in [0.3, 0.4) is 0 Å². The SMILES string of the molecule is N#CC1(c2ccc(C3=Cc4c(ncnc4N4CCN(C(=O)Nc5ccc(OC(F)(F)F)cc5)CC4)C3)cc2)CC1. The summed E-state index contributed by atoms with van der Waals surface area (Å²) in [5.41, 5.74) is 5.33. The van der Waals surface area contributed by atoms with Gasteiger partial charge in [-0.25, -0.2) is 14.8 Å². The number of nitriles is 1. The van der Waals surface area contributed by atoms with E-state index >= 15 is 0 Å². The molecule has 8 nitrogen and oxygen atoms in total. The van der Waals surface area contributed by atoms with Crippen molar-refractivity contribution in [1.29, 1.82) is 5.26 Å². The summed E-state index contributed by atoms with van der Waals surface area (Å²) in [6.07, 6.45) is 1.46. The van der Waals surface area contributed by atoms with E-state index in [4.69, 9.17) is 0 Å². The van der Waals surface area contributed by atoms with Gasteiger partial charge in [0.05, 0.1) is 17.2 Å². The molecule has 0 bridgehead atoms. The van der Waals surface area contributed by atoms with Crippen molar-refractivity contribution in [3.05, 3.63) is 77.2 Å². The minimum Gasteiger partial charge on any atom is -0.406 e. The lowest BCUT2D eigenvalue weighted by Gasteiger charge is -2.35. The molecule has 1 N–H and O–H groups in total. The molecule has 6 rings (SSSR count). The summed E-state index contributed by atoms with van der Waals surface area (Å²) in [6, 6.07) is 15.4. The number of hydrogen-bond acceptors (Lipinski definition) is 6. The fourth-order valence-electron chi connectivity index (χ4n) is 5.21. The van der Waals surface area contributed by atoms with Crippen LogP contribution in [0.1, 0.15) is 35.2 Å². The molecule has 0 radical (unpaired) electrons. The molecule has 1 saturated heterocycles. The van der Waals surface area contributed by atoms with Crippen molar-refractivity contribution in [3.8, 4) is 11.8 Å². The highest BCUT2D eigenvalue weighted by Crippen LogP contribution is 2.47. The zero-order chi connectivity index (χ0) is 27.9. The summed E-state index contributed by atoms with van der Waals surface area (Å²) in [5.74, 6) is 0.481. The van der Waals surface area contributed by atoms with E-state index in [-0.39, 0.29) is 17.2 Å². The fourth-order valence-corrected chi connectivity index (χ4v) is 5.21. The third-order valence-corrected chi connectivity index (χ3v) is 7.60. The maximum atomic E-state index is 12.8. The van der Waals surface area contributed by atoms with Crippen molar-refractivity contribution in [2.45, 2.75) is 31.0 Å². The predicted molar refractivity (Wildman–Crippen MR) is 143 cm³/mol. The quantitative estimate of drug-likeness (QED) is 0.462. The number of anilines is 2. The molecule has 1 saturated carbocycles. The molecule has 2 aromatic carbocycles. The number of fused-ring (bicyclic) bond motifs is 1. The van der Waals surface area contributed by atoms with Crippen LogP contribution < -0.4 is 15.0 Å². The minimum absolute atomic E-state index is 0.306. The number of nitrogens with one attached hydrogen (secondary N) is 1. The van der Waals surface area contributed by atoms with Crippen LogP contribution in [0.5, 0.6) is 5.75 Å². The smallest absolute Gasteiger partial charge is 0.406 e. The monoisotopic (exact) mass is 546 g/mol. The van der Waals surface area contributed by atoms with Crippen LogP contribution in [0.4, 0.5) is 29.5 Å². The highest BCUT2D eigenvalue weighted by atomic mass is 19.4. The molecule has 0 atom stereocenters. The van der Waals surface area contributed by atoms with Gasteiger partial charge in [0, 0.05) is 43.9 Å². The number of carbonyl (C=O) groups excluding carboxylic acids is 1. The predicted octanol–water partition coefficient (Wildman–Crippen LogP) is 5.38. The number of nitrogens with zero attached hydrogens (tertiary/aromatic N) is 5. The number of alkyl halides is 3. The first-order valence-corrected chi connectivity index (χ1v) is 13.0. The van der Waals surface area contributed by atoms with Gasteiger partial charge in [-0.15, -0.1) is 13.2 Å². The second kappa shape index (κ2) is 9.86. The molecule has 2 fully saturated rings. The van der Waals surface area contributed by atoms with Crippen molar-refractivity contribution in [2.24, 2.45) is 0 Å². The zero-order valence-electron chi connectivity index (χ0n) is 21.4. The molecule has 2 aliphatic carbocycles. The normalized spacial score (nSPS) is 17.5. The lowest BCUT2D eigenvalue weighted by Crippen LogP contribution is -2.50. The van der Waals surface area contributed by atoms with Gasteiger partial charge in [0.15, 0.2) is 0 Å². The van der Waals surface area contributed by atoms with Gasteiger partial charge < -0.3 is 19.9 Å². The molecule has 11 heteroatoms. The molecule has 1 aliphatic heterocycles. The largest absolute Gasteiger partial charge is 0.573 e. The van der Waals surface area contributed by atoms with Gasteiger partial charge in [-0.3, -0.25) is 0 Å². The second-order valence-electron chi connectivity index (χ2n) is 10.2. The molecule has 204 valence electrons. The van der Waals surface area contributed by atoms with Crippen LogP contribution in [0.25, 0.3) is 11.6 Å². The Morgan fingerprint density at radius 2 is 1.70 bits per heavy atom. The molecular formula is C29H25F3N6O2. The van der Waals surface area contributed by atoms with Gasteiger partial charge in [-0.05, 0) is 59.9 Å². The Hall–Kier alpha value is -4.59. The Balaban J connectivity index is 1.08. The lowest BCUT2D eigenvalue weighted by atomic mass is 9.95. The summed E-state index contributed by atoms with van der Waals surface area (Å²) in [7, 11) is 0. The van der Waals surface area contributed by atoms with Crippen molar-refractivity contribution < 1.29 is 22.7 Å². The maximum Gasteiger partial charge on any atom is 0.573 e. The van der Waals surface area contributed by atoms with E-state index in [1.807, 2.05) is 0 Å². The van der Waals surface area contributed by atoms with E-state index in [9.17, 15) is 23.2 Å². The summed E-state index contributed by atoms with van der Waals surface area (Å²) >= 11 is 0. The van der Waals surface area contributed by atoms with Gasteiger partial charge in [0.2, 0.25) is 0 Å². The summed E-state index contributed by atoms with van der Waals surface area (Å²) in [5, 5.41) is 12.2. The van der Waals surface area contributed by atoms with Gasteiger partial charge in [-0.2, -0.15) is 5.26 Å². The van der Waals surface area contributed by atoms with E-state index in [1.165, 1.54) is 12.1 Å². The number of carbonyl (C=O) groups is 1. The van der Waals surface area contributed by atoms with Gasteiger partial charge in [-0.1, -0.05) is 24.3 Å². The van der Waals surface area contributed by atoms with Crippen molar-refractivity contribution in [3.63, 3.8) is 0 Å². The maximum absolute atomic E-state index is 12.8. The molecule has 2 heterocycles. The Kier molecular flexibility index (Phi) is 6.33. The fraction of sp³-hybridized carbons (Fsp3) is 0.310. The van der Waals surface area contributed by atoms with E-state index in [0.29, 0.717) is 38.3 Å². The highest BCUT2D eigenvalue weighted by molar-refractivity contribution is 5.92.